The summed E-state index contributed by atoms with van der Waals surface area (Å²) < 4.78 is 26.9. The largest absolute Gasteiger partial charge is 0.269 e. The van der Waals surface area contributed by atoms with Crippen molar-refractivity contribution in [1.82, 2.24) is 0 Å². The van der Waals surface area contributed by atoms with Gasteiger partial charge in [-0.15, -0.1) is 0 Å². The summed E-state index contributed by atoms with van der Waals surface area (Å²) in [5, 5.41) is 0.760. The minimum atomic E-state index is -3.65. The van der Waals surface area contributed by atoms with Gasteiger partial charge in [0.1, 0.15) is 0 Å². The zero-order chi connectivity index (χ0) is 14.9. The third-order valence-corrected chi connectivity index (χ3v) is 5.45. The van der Waals surface area contributed by atoms with Crippen molar-refractivity contribution in [2.24, 2.45) is 0 Å². The number of nitrogens with zero attached hydrogens (tertiary/aromatic N) is 1. The summed E-state index contributed by atoms with van der Waals surface area (Å²) in [5.74, 6) is 0. The topological polar surface area (TPSA) is 37.4 Å². The van der Waals surface area contributed by atoms with Crippen LogP contribution in [0.3, 0.4) is 0 Å². The lowest BCUT2D eigenvalue weighted by Gasteiger charge is -2.20. The van der Waals surface area contributed by atoms with E-state index in [1.807, 2.05) is 0 Å². The van der Waals surface area contributed by atoms with E-state index in [0.717, 1.165) is 8.78 Å². The third-order valence-electron chi connectivity index (χ3n) is 2.68. The smallest absolute Gasteiger partial charge is 0.264 e. The van der Waals surface area contributed by atoms with E-state index in [1.165, 1.54) is 19.2 Å². The number of halogens is 3. The van der Waals surface area contributed by atoms with Gasteiger partial charge in [-0.05, 0) is 42.5 Å². The van der Waals surface area contributed by atoms with Crippen LogP contribution in [0.25, 0.3) is 0 Å². The molecule has 0 radical (unpaired) electrons. The van der Waals surface area contributed by atoms with Crippen LogP contribution >= 0.6 is 39.1 Å². The number of benzene rings is 2. The maximum absolute atomic E-state index is 12.5. The quantitative estimate of drug-likeness (QED) is 0.763. The Hall–Kier alpha value is -0.750. The lowest BCUT2D eigenvalue weighted by molar-refractivity contribution is 0.594. The maximum Gasteiger partial charge on any atom is 0.264 e. The van der Waals surface area contributed by atoms with E-state index >= 15 is 0 Å². The molecular weight excluding hydrogens is 385 g/mol. The molecule has 0 bridgehead atoms. The van der Waals surface area contributed by atoms with E-state index in [1.54, 1.807) is 30.3 Å². The normalized spacial score (nSPS) is 11.4. The molecule has 2 aromatic carbocycles. The second-order valence-electron chi connectivity index (χ2n) is 4.05. The summed E-state index contributed by atoms with van der Waals surface area (Å²) in [6, 6.07) is 11.0. The molecule has 0 amide bonds. The van der Waals surface area contributed by atoms with E-state index in [4.69, 9.17) is 23.2 Å². The van der Waals surface area contributed by atoms with E-state index in [0.29, 0.717) is 15.7 Å². The maximum atomic E-state index is 12.5. The summed E-state index contributed by atoms with van der Waals surface area (Å²) >= 11 is 15.1. The van der Waals surface area contributed by atoms with Crippen LogP contribution in [0.15, 0.2) is 51.8 Å². The van der Waals surface area contributed by atoms with Gasteiger partial charge in [-0.2, -0.15) is 0 Å². The average Bonchev–Trinajstić information content (AvgIpc) is 2.37. The molecule has 3 nitrogen and oxygen atoms in total. The van der Waals surface area contributed by atoms with Crippen molar-refractivity contribution in [1.29, 1.82) is 0 Å². The summed E-state index contributed by atoms with van der Waals surface area (Å²) in [6.07, 6.45) is 0. The van der Waals surface area contributed by atoms with Gasteiger partial charge in [0, 0.05) is 21.6 Å². The molecular formula is C13H10BrCl2NO2S. The standard InChI is InChI=1S/C13H10BrCl2NO2S/c1-17(12-7-10(15)6-11(16)8-12)20(18,19)13-4-2-9(14)3-5-13/h2-8H,1H3. The molecule has 0 aliphatic heterocycles. The fourth-order valence-electron chi connectivity index (χ4n) is 1.62. The lowest BCUT2D eigenvalue weighted by atomic mass is 10.3. The number of sulfonamides is 1. The van der Waals surface area contributed by atoms with E-state index in [-0.39, 0.29) is 4.90 Å². The number of hydrogen-bond donors (Lipinski definition) is 0. The first-order valence-electron chi connectivity index (χ1n) is 5.51. The first kappa shape index (κ1) is 15.6. The molecule has 0 saturated heterocycles. The Morgan fingerprint density at radius 3 is 2.00 bits per heavy atom. The molecule has 7 heteroatoms. The van der Waals surface area contributed by atoms with Crippen molar-refractivity contribution in [3.8, 4) is 0 Å². The molecule has 0 unspecified atom stereocenters. The number of rotatable bonds is 3. The highest BCUT2D eigenvalue weighted by Gasteiger charge is 2.21. The van der Waals surface area contributed by atoms with E-state index in [2.05, 4.69) is 15.9 Å². The molecule has 2 aromatic rings. The molecule has 0 atom stereocenters. The van der Waals surface area contributed by atoms with Crippen LogP contribution < -0.4 is 4.31 Å². The Morgan fingerprint density at radius 2 is 1.50 bits per heavy atom. The summed E-state index contributed by atoms with van der Waals surface area (Å²) in [6.45, 7) is 0. The van der Waals surface area contributed by atoms with Gasteiger partial charge in [0.05, 0.1) is 10.6 Å². The van der Waals surface area contributed by atoms with Crippen molar-refractivity contribution >= 4 is 54.8 Å². The first-order chi connectivity index (χ1) is 9.30. The monoisotopic (exact) mass is 393 g/mol. The molecule has 0 N–H and O–H groups in total. The van der Waals surface area contributed by atoms with Gasteiger partial charge in [0.25, 0.3) is 10.0 Å². The van der Waals surface area contributed by atoms with E-state index in [9.17, 15) is 8.42 Å². The zero-order valence-electron chi connectivity index (χ0n) is 10.3. The molecule has 20 heavy (non-hydrogen) atoms. The van der Waals surface area contributed by atoms with Gasteiger partial charge in [-0.25, -0.2) is 8.42 Å². The van der Waals surface area contributed by atoms with Crippen LogP contribution in [0, 0.1) is 0 Å². The Labute approximate surface area is 136 Å². The Kier molecular flexibility index (Phi) is 4.64. The molecule has 0 spiro atoms. The minimum Gasteiger partial charge on any atom is -0.269 e. The summed E-state index contributed by atoms with van der Waals surface area (Å²) in [5.41, 5.74) is 0.408. The van der Waals surface area contributed by atoms with Crippen LogP contribution in [-0.4, -0.2) is 15.5 Å². The van der Waals surface area contributed by atoms with E-state index < -0.39 is 10.0 Å². The number of hydrogen-bond acceptors (Lipinski definition) is 2. The molecule has 0 saturated carbocycles. The highest BCUT2D eigenvalue weighted by molar-refractivity contribution is 9.10. The predicted octanol–water partition coefficient (Wildman–Crippen LogP) is 4.58. The van der Waals surface area contributed by atoms with Gasteiger partial charge < -0.3 is 0 Å². The van der Waals surface area contributed by atoms with Crippen LogP contribution in [0.4, 0.5) is 5.69 Å². The average molecular weight is 395 g/mol. The second-order valence-corrected chi connectivity index (χ2v) is 7.81. The Bertz CT molecular complexity index is 712. The van der Waals surface area contributed by atoms with Crippen molar-refractivity contribution in [3.63, 3.8) is 0 Å². The SMILES string of the molecule is CN(c1cc(Cl)cc(Cl)c1)S(=O)(=O)c1ccc(Br)cc1. The molecule has 0 fully saturated rings. The van der Waals surface area contributed by atoms with Crippen LogP contribution in [0.2, 0.25) is 10.0 Å². The molecule has 0 aliphatic carbocycles. The van der Waals surface area contributed by atoms with Crippen LogP contribution in [0.1, 0.15) is 0 Å². The molecule has 2 rings (SSSR count). The van der Waals surface area contributed by atoms with Crippen LogP contribution in [0.5, 0.6) is 0 Å². The zero-order valence-corrected chi connectivity index (χ0v) is 14.3. The van der Waals surface area contributed by atoms with Crippen molar-refractivity contribution in [2.75, 3.05) is 11.4 Å². The van der Waals surface area contributed by atoms with Gasteiger partial charge >= 0.3 is 0 Å². The molecule has 0 aliphatic rings. The number of anilines is 1. The fourth-order valence-corrected chi connectivity index (χ4v) is 3.58. The highest BCUT2D eigenvalue weighted by Crippen LogP contribution is 2.28. The third kappa shape index (κ3) is 3.28. The highest BCUT2D eigenvalue weighted by atomic mass is 79.9. The second kappa shape index (κ2) is 5.93. The van der Waals surface area contributed by atoms with Gasteiger partial charge in [-0.3, -0.25) is 4.31 Å². The van der Waals surface area contributed by atoms with Crippen molar-refractivity contribution < 1.29 is 8.42 Å². The van der Waals surface area contributed by atoms with Crippen molar-refractivity contribution in [3.05, 3.63) is 57.0 Å². The van der Waals surface area contributed by atoms with Gasteiger partial charge in [0.2, 0.25) is 0 Å². The Morgan fingerprint density at radius 1 is 1.00 bits per heavy atom. The molecule has 0 heterocycles. The predicted molar refractivity (Wildman–Crippen MR) is 86.2 cm³/mol. The first-order valence-corrected chi connectivity index (χ1v) is 8.50. The molecule has 0 aromatic heterocycles. The van der Waals surface area contributed by atoms with Crippen molar-refractivity contribution in [2.45, 2.75) is 4.90 Å². The summed E-state index contributed by atoms with van der Waals surface area (Å²) in [7, 11) is -2.19. The lowest BCUT2D eigenvalue weighted by Crippen LogP contribution is -2.26. The minimum absolute atomic E-state index is 0.194. The summed E-state index contributed by atoms with van der Waals surface area (Å²) in [4.78, 5) is 0.194. The van der Waals surface area contributed by atoms with Gasteiger partial charge in [-0.1, -0.05) is 39.1 Å². The molecule has 106 valence electrons. The Balaban J connectivity index is 2.45. The fraction of sp³-hybridized carbons (Fsp3) is 0.0769. The van der Waals surface area contributed by atoms with Crippen LogP contribution in [-0.2, 0) is 10.0 Å². The van der Waals surface area contributed by atoms with Gasteiger partial charge in [0.15, 0.2) is 0 Å².